The van der Waals surface area contributed by atoms with Crippen LogP contribution >= 0.6 is 0 Å². The Labute approximate surface area is 36.9 Å². The average Bonchev–Trinajstić information content (AvgIpc) is 1.38. The Balaban J connectivity index is 2.83. The first kappa shape index (κ1) is 4.82. The summed E-state index contributed by atoms with van der Waals surface area (Å²) in [6, 6.07) is 0. The third-order valence-electron chi connectivity index (χ3n) is 0.163. The standard InChI is InChI=1S/C2H6N2S/c1-4(2)3-5/h1-2H3. The van der Waals surface area contributed by atoms with Crippen LogP contribution in [0.5, 0.6) is 0 Å². The van der Waals surface area contributed by atoms with Gasteiger partial charge in [0.1, 0.15) is 0 Å². The highest BCUT2D eigenvalue weighted by Gasteiger charge is 1.64. The molecule has 0 fully saturated rings. The maximum absolute atomic E-state index is 4.23. The Morgan fingerprint density at radius 3 is 1.80 bits per heavy atom. The van der Waals surface area contributed by atoms with Crippen molar-refractivity contribution in [1.82, 2.24) is 5.01 Å². The lowest BCUT2D eigenvalue weighted by molar-refractivity contribution is 0.448. The first-order valence-corrected chi connectivity index (χ1v) is 1.64. The highest BCUT2D eigenvalue weighted by molar-refractivity contribution is 7.47. The van der Waals surface area contributed by atoms with Gasteiger partial charge in [0.25, 0.3) is 0 Å². The van der Waals surface area contributed by atoms with E-state index in [2.05, 4.69) is 16.9 Å². The van der Waals surface area contributed by atoms with E-state index in [-0.39, 0.29) is 0 Å². The molecule has 0 bridgehead atoms. The first-order valence-electron chi connectivity index (χ1n) is 1.28. The molecule has 0 aromatic rings. The quantitative estimate of drug-likeness (QED) is 0.427. The zero-order chi connectivity index (χ0) is 4.28. The Bertz CT molecular complexity index is 34.6. The molecule has 2 nitrogen and oxygen atoms in total. The molecule has 0 saturated heterocycles. The van der Waals surface area contributed by atoms with E-state index < -0.39 is 0 Å². The molecule has 0 aromatic carbocycles. The van der Waals surface area contributed by atoms with E-state index in [4.69, 9.17) is 0 Å². The summed E-state index contributed by atoms with van der Waals surface area (Å²) in [6.45, 7) is 0. The Kier molecular flexibility index (Phi) is 2.01. The van der Waals surface area contributed by atoms with Gasteiger partial charge >= 0.3 is 0 Å². The van der Waals surface area contributed by atoms with Crippen molar-refractivity contribution in [3.8, 4) is 0 Å². The van der Waals surface area contributed by atoms with Crippen LogP contribution in [0, 0.1) is 0 Å². The molecule has 30 valence electrons. The topological polar surface area (TPSA) is 15.6 Å². The fourth-order valence-electron chi connectivity index (χ4n) is 0. The molecular formula is C2H6N2S. The maximum Gasteiger partial charge on any atom is 0.0628 e. The summed E-state index contributed by atoms with van der Waals surface area (Å²) >= 11 is 4.23. The summed E-state index contributed by atoms with van der Waals surface area (Å²) in [5.41, 5.74) is 0. The molecule has 5 heavy (non-hydrogen) atoms. The molecule has 0 aliphatic heterocycles. The predicted molar refractivity (Wildman–Crippen MR) is 23.5 cm³/mol. The molecule has 0 unspecified atom stereocenters. The van der Waals surface area contributed by atoms with Crippen LogP contribution < -0.4 is 0 Å². The Morgan fingerprint density at radius 2 is 1.80 bits per heavy atom. The van der Waals surface area contributed by atoms with Crippen molar-refractivity contribution in [3.05, 3.63) is 0 Å². The molecule has 0 N–H and O–H groups in total. The summed E-state index contributed by atoms with van der Waals surface area (Å²) in [6.07, 6.45) is 0. The molecule has 0 rings (SSSR count). The number of rotatable bonds is 1. The van der Waals surface area contributed by atoms with E-state index >= 15 is 0 Å². The van der Waals surface area contributed by atoms with Gasteiger partial charge in [-0.3, -0.25) is 5.01 Å². The van der Waals surface area contributed by atoms with E-state index in [1.807, 2.05) is 0 Å². The van der Waals surface area contributed by atoms with Crippen molar-refractivity contribution < 1.29 is 0 Å². The number of hydrogen-bond donors (Lipinski definition) is 0. The molecule has 0 saturated carbocycles. The van der Waals surface area contributed by atoms with E-state index in [9.17, 15) is 0 Å². The molecule has 0 aromatic heterocycles. The molecule has 0 atom stereocenters. The molecule has 3 heteroatoms. The summed E-state index contributed by atoms with van der Waals surface area (Å²) in [7, 11) is 3.57. The SMILES string of the molecule is CN(C)N=S. The third kappa shape index (κ3) is 3.82. The van der Waals surface area contributed by atoms with Crippen LogP contribution in [-0.4, -0.2) is 19.1 Å². The zero-order valence-electron chi connectivity index (χ0n) is 3.30. The minimum Gasteiger partial charge on any atom is -0.292 e. The summed E-state index contributed by atoms with van der Waals surface area (Å²) in [5.74, 6) is 0. The lowest BCUT2D eigenvalue weighted by Gasteiger charge is -1.94. The zero-order valence-corrected chi connectivity index (χ0v) is 4.12. The maximum atomic E-state index is 4.23. The second-order valence-electron chi connectivity index (χ2n) is 0.929. The van der Waals surface area contributed by atoms with Crippen molar-refractivity contribution in [3.63, 3.8) is 0 Å². The molecule has 0 radical (unpaired) electrons. The van der Waals surface area contributed by atoms with Crippen molar-refractivity contribution in [1.29, 1.82) is 0 Å². The lowest BCUT2D eigenvalue weighted by atomic mass is 11.2. The van der Waals surface area contributed by atoms with Crippen molar-refractivity contribution >= 4 is 12.4 Å². The largest absolute Gasteiger partial charge is 0.292 e. The second-order valence-corrected chi connectivity index (χ2v) is 1.09. The Hall–Kier alpha value is -0.180. The highest BCUT2D eigenvalue weighted by atomic mass is 32.1. The lowest BCUT2D eigenvalue weighted by Crippen LogP contribution is -1.97. The molecule has 0 aliphatic carbocycles. The van der Waals surface area contributed by atoms with E-state index in [1.54, 1.807) is 19.1 Å². The fourth-order valence-corrected chi connectivity index (χ4v) is 0. The van der Waals surface area contributed by atoms with E-state index in [0.29, 0.717) is 0 Å². The van der Waals surface area contributed by atoms with Gasteiger partial charge in [0.2, 0.25) is 0 Å². The Morgan fingerprint density at radius 1 is 1.60 bits per heavy atom. The molecule has 0 aliphatic rings. The van der Waals surface area contributed by atoms with Gasteiger partial charge in [-0.25, -0.2) is 0 Å². The van der Waals surface area contributed by atoms with E-state index in [0.717, 1.165) is 0 Å². The van der Waals surface area contributed by atoms with Crippen molar-refractivity contribution in [2.45, 2.75) is 0 Å². The van der Waals surface area contributed by atoms with Crippen molar-refractivity contribution in [2.24, 2.45) is 4.47 Å². The molecular weight excluding hydrogens is 84.1 g/mol. The van der Waals surface area contributed by atoms with Gasteiger partial charge in [-0.15, -0.1) is 4.47 Å². The monoisotopic (exact) mass is 90.0 g/mol. The van der Waals surface area contributed by atoms with Crippen LogP contribution in [-0.2, 0) is 12.4 Å². The first-order chi connectivity index (χ1) is 2.27. The molecule has 0 spiro atoms. The van der Waals surface area contributed by atoms with Crippen LogP contribution in [0.3, 0.4) is 0 Å². The van der Waals surface area contributed by atoms with Crippen LogP contribution in [0.1, 0.15) is 0 Å². The van der Waals surface area contributed by atoms with Gasteiger partial charge in [-0.05, 0) is 0 Å². The number of nitrogens with zero attached hydrogens (tertiary/aromatic N) is 2. The average molecular weight is 90.2 g/mol. The third-order valence-corrected chi connectivity index (χ3v) is 0.490. The minimum absolute atomic E-state index is 1.56. The molecule has 0 heterocycles. The fraction of sp³-hybridized carbons (Fsp3) is 1.00. The van der Waals surface area contributed by atoms with Gasteiger partial charge in [0, 0.05) is 14.1 Å². The van der Waals surface area contributed by atoms with Gasteiger partial charge in [-0.1, -0.05) is 0 Å². The van der Waals surface area contributed by atoms with Crippen LogP contribution in [0.15, 0.2) is 4.47 Å². The van der Waals surface area contributed by atoms with Gasteiger partial charge in [-0.2, -0.15) is 0 Å². The normalized spacial score (nSPS) is 6.80. The van der Waals surface area contributed by atoms with Gasteiger partial charge in [0.05, 0.1) is 12.4 Å². The van der Waals surface area contributed by atoms with Gasteiger partial charge < -0.3 is 0 Å². The summed E-state index contributed by atoms with van der Waals surface area (Å²) < 4.78 is 3.31. The summed E-state index contributed by atoms with van der Waals surface area (Å²) in [4.78, 5) is 0. The highest BCUT2D eigenvalue weighted by Crippen LogP contribution is 1.64. The van der Waals surface area contributed by atoms with E-state index in [1.165, 1.54) is 0 Å². The smallest absolute Gasteiger partial charge is 0.0628 e. The second kappa shape index (κ2) is 2.08. The van der Waals surface area contributed by atoms with Crippen LogP contribution in [0.4, 0.5) is 0 Å². The molecule has 0 amide bonds. The van der Waals surface area contributed by atoms with Crippen molar-refractivity contribution in [2.75, 3.05) is 14.1 Å². The minimum atomic E-state index is 1.56. The predicted octanol–water partition coefficient (Wildman–Crippen LogP) is 0.194. The van der Waals surface area contributed by atoms with Crippen LogP contribution in [0.2, 0.25) is 0 Å². The summed E-state index contributed by atoms with van der Waals surface area (Å²) in [5, 5.41) is 1.56. The van der Waals surface area contributed by atoms with Crippen LogP contribution in [0.25, 0.3) is 0 Å². The van der Waals surface area contributed by atoms with Gasteiger partial charge in [0.15, 0.2) is 0 Å². The number of hydrogen-bond acceptors (Lipinski definition) is 2.